The van der Waals surface area contributed by atoms with E-state index < -0.39 is 0 Å². The Hall–Kier alpha value is -1.43. The number of nitrogens with zero attached hydrogens (tertiary/aromatic N) is 2. The fourth-order valence-electron chi connectivity index (χ4n) is 4.79. The van der Waals surface area contributed by atoms with Gasteiger partial charge in [-0.15, -0.1) is 0 Å². The zero-order valence-corrected chi connectivity index (χ0v) is 15.7. The number of hydrogen-bond donors (Lipinski definition) is 0. The third-order valence-corrected chi connectivity index (χ3v) is 6.31. The number of likely N-dealkylation sites (tertiary alicyclic amines) is 2. The molecule has 0 aromatic heterocycles. The van der Waals surface area contributed by atoms with Gasteiger partial charge in [0.15, 0.2) is 0 Å². The highest BCUT2D eigenvalue weighted by molar-refractivity contribution is 5.73. The number of carbonyl (C=O) groups excluding carboxylic acids is 1. The van der Waals surface area contributed by atoms with Crippen LogP contribution in [0.1, 0.15) is 38.2 Å². The summed E-state index contributed by atoms with van der Waals surface area (Å²) in [6.45, 7) is 6.83. The first kappa shape index (κ1) is 18.0. The van der Waals surface area contributed by atoms with Crippen LogP contribution in [0.3, 0.4) is 0 Å². The number of amides is 1. The Balaban J connectivity index is 1.39. The van der Waals surface area contributed by atoms with Crippen molar-refractivity contribution >= 4 is 5.91 Å². The second kappa shape index (κ2) is 7.67. The zero-order valence-electron chi connectivity index (χ0n) is 15.7. The van der Waals surface area contributed by atoms with Crippen molar-refractivity contribution in [3.05, 3.63) is 35.9 Å². The van der Waals surface area contributed by atoms with Gasteiger partial charge in [-0.2, -0.15) is 0 Å². The summed E-state index contributed by atoms with van der Waals surface area (Å²) in [6.07, 6.45) is 4.47. The molecular formula is C21H30N2O3. The van der Waals surface area contributed by atoms with Gasteiger partial charge < -0.3 is 14.4 Å². The minimum Gasteiger partial charge on any atom is -0.371 e. The van der Waals surface area contributed by atoms with Crippen LogP contribution in [0.4, 0.5) is 0 Å². The molecule has 3 aliphatic heterocycles. The summed E-state index contributed by atoms with van der Waals surface area (Å²) in [5.74, 6) is 0.199. The standard InChI is InChI=1S/C21H30N2O3/c1-17(24)22-11-8-19(9-12-22)23-14-20(21(16-23)10-5-13-26-21)25-15-18-6-3-2-4-7-18/h2-4,6-7,19-20H,5,8-16H2,1H3/t20-,21-/m0/s1. The van der Waals surface area contributed by atoms with Gasteiger partial charge in [-0.05, 0) is 31.2 Å². The third kappa shape index (κ3) is 3.66. The molecule has 1 aromatic carbocycles. The molecule has 5 heteroatoms. The molecule has 1 spiro atoms. The van der Waals surface area contributed by atoms with Crippen molar-refractivity contribution in [3.8, 4) is 0 Å². The van der Waals surface area contributed by atoms with E-state index in [1.54, 1.807) is 6.92 Å². The maximum Gasteiger partial charge on any atom is 0.219 e. The van der Waals surface area contributed by atoms with Crippen molar-refractivity contribution in [1.29, 1.82) is 0 Å². The molecule has 3 aliphatic rings. The molecule has 0 unspecified atom stereocenters. The number of ether oxygens (including phenoxy) is 2. The minimum atomic E-state index is -0.132. The normalized spacial score (nSPS) is 30.3. The van der Waals surface area contributed by atoms with E-state index >= 15 is 0 Å². The molecule has 0 bridgehead atoms. The summed E-state index contributed by atoms with van der Waals surface area (Å²) in [7, 11) is 0. The first-order chi connectivity index (χ1) is 12.7. The van der Waals surface area contributed by atoms with Crippen molar-refractivity contribution in [2.75, 3.05) is 32.8 Å². The molecule has 1 amide bonds. The average molecular weight is 358 g/mol. The summed E-state index contributed by atoms with van der Waals surface area (Å²) in [5, 5.41) is 0. The molecule has 0 radical (unpaired) electrons. The number of hydrogen-bond acceptors (Lipinski definition) is 4. The van der Waals surface area contributed by atoms with Gasteiger partial charge >= 0.3 is 0 Å². The minimum absolute atomic E-state index is 0.132. The van der Waals surface area contributed by atoms with Crippen LogP contribution in [-0.4, -0.2) is 66.2 Å². The lowest BCUT2D eigenvalue weighted by Crippen LogP contribution is -2.46. The number of rotatable bonds is 4. The van der Waals surface area contributed by atoms with Crippen molar-refractivity contribution in [2.24, 2.45) is 0 Å². The van der Waals surface area contributed by atoms with Gasteiger partial charge in [-0.1, -0.05) is 30.3 Å². The molecule has 0 aliphatic carbocycles. The lowest BCUT2D eigenvalue weighted by molar-refractivity contribution is -0.130. The monoisotopic (exact) mass is 358 g/mol. The number of carbonyl (C=O) groups is 1. The average Bonchev–Trinajstić information content (AvgIpc) is 3.29. The number of benzene rings is 1. The molecule has 142 valence electrons. The Kier molecular flexibility index (Phi) is 5.30. The fraction of sp³-hybridized carbons (Fsp3) is 0.667. The third-order valence-electron chi connectivity index (χ3n) is 6.31. The summed E-state index contributed by atoms with van der Waals surface area (Å²) < 4.78 is 12.6. The van der Waals surface area contributed by atoms with E-state index in [1.165, 1.54) is 5.56 Å². The predicted octanol–water partition coefficient (Wildman–Crippen LogP) is 2.45. The van der Waals surface area contributed by atoms with Crippen LogP contribution in [0.2, 0.25) is 0 Å². The van der Waals surface area contributed by atoms with E-state index in [9.17, 15) is 4.79 Å². The Bertz CT molecular complexity index is 607. The Labute approximate surface area is 156 Å². The largest absolute Gasteiger partial charge is 0.371 e. The highest BCUT2D eigenvalue weighted by Crippen LogP contribution is 2.39. The van der Waals surface area contributed by atoms with Crippen molar-refractivity contribution in [3.63, 3.8) is 0 Å². The lowest BCUT2D eigenvalue weighted by Gasteiger charge is -2.36. The van der Waals surface area contributed by atoms with Gasteiger partial charge in [0.05, 0.1) is 6.61 Å². The Morgan fingerprint density at radius 3 is 2.69 bits per heavy atom. The van der Waals surface area contributed by atoms with E-state index in [2.05, 4.69) is 29.2 Å². The highest BCUT2D eigenvalue weighted by Gasteiger charge is 2.51. The van der Waals surface area contributed by atoms with E-state index in [0.29, 0.717) is 12.6 Å². The smallest absolute Gasteiger partial charge is 0.219 e. The van der Waals surface area contributed by atoms with Crippen LogP contribution in [0, 0.1) is 0 Å². The van der Waals surface area contributed by atoms with Crippen LogP contribution in [0.15, 0.2) is 30.3 Å². The van der Waals surface area contributed by atoms with Crippen LogP contribution < -0.4 is 0 Å². The molecule has 2 atom stereocenters. The fourth-order valence-corrected chi connectivity index (χ4v) is 4.79. The van der Waals surface area contributed by atoms with Gasteiger partial charge in [0.2, 0.25) is 5.91 Å². The van der Waals surface area contributed by atoms with E-state index in [-0.39, 0.29) is 17.6 Å². The first-order valence-corrected chi connectivity index (χ1v) is 9.95. The second-order valence-electron chi connectivity index (χ2n) is 7.97. The quantitative estimate of drug-likeness (QED) is 0.829. The molecule has 0 N–H and O–H groups in total. The Morgan fingerprint density at radius 1 is 1.27 bits per heavy atom. The molecule has 0 saturated carbocycles. The molecule has 26 heavy (non-hydrogen) atoms. The summed E-state index contributed by atoms with van der Waals surface area (Å²) >= 11 is 0. The maximum absolute atomic E-state index is 11.6. The van der Waals surface area contributed by atoms with Crippen molar-refractivity contribution < 1.29 is 14.3 Å². The van der Waals surface area contributed by atoms with Gasteiger partial charge in [0.1, 0.15) is 11.7 Å². The van der Waals surface area contributed by atoms with Crippen molar-refractivity contribution in [2.45, 2.75) is 57.0 Å². The highest BCUT2D eigenvalue weighted by atomic mass is 16.6. The molecule has 3 heterocycles. The SMILES string of the molecule is CC(=O)N1CCC(N2C[C@H](OCc3ccccc3)[C@]3(CCCO3)C2)CC1. The van der Waals surface area contributed by atoms with Crippen molar-refractivity contribution in [1.82, 2.24) is 9.80 Å². The summed E-state index contributed by atoms with van der Waals surface area (Å²) in [6, 6.07) is 10.9. The van der Waals surface area contributed by atoms with Gasteiger partial charge in [0.25, 0.3) is 0 Å². The van der Waals surface area contributed by atoms with E-state index in [1.807, 2.05) is 11.0 Å². The van der Waals surface area contributed by atoms with E-state index in [4.69, 9.17) is 9.47 Å². The molecule has 3 saturated heterocycles. The molecule has 1 aromatic rings. The van der Waals surface area contributed by atoms with E-state index in [0.717, 1.165) is 58.5 Å². The van der Waals surface area contributed by atoms with Crippen LogP contribution in [-0.2, 0) is 20.9 Å². The van der Waals surface area contributed by atoms with Gasteiger partial charge in [-0.25, -0.2) is 0 Å². The van der Waals surface area contributed by atoms with Gasteiger partial charge in [0, 0.05) is 45.8 Å². The maximum atomic E-state index is 11.6. The first-order valence-electron chi connectivity index (χ1n) is 9.95. The predicted molar refractivity (Wildman–Crippen MR) is 99.8 cm³/mol. The zero-order chi connectivity index (χ0) is 18.0. The summed E-state index contributed by atoms with van der Waals surface area (Å²) in [5.41, 5.74) is 1.08. The van der Waals surface area contributed by atoms with Crippen LogP contribution in [0.25, 0.3) is 0 Å². The topological polar surface area (TPSA) is 42.0 Å². The molecule has 3 fully saturated rings. The molecule has 5 nitrogen and oxygen atoms in total. The Morgan fingerprint density at radius 2 is 2.04 bits per heavy atom. The molecular weight excluding hydrogens is 328 g/mol. The lowest BCUT2D eigenvalue weighted by atomic mass is 9.96. The molecule has 4 rings (SSSR count). The number of piperidine rings is 1. The van der Waals surface area contributed by atoms with Crippen LogP contribution in [0.5, 0.6) is 0 Å². The van der Waals surface area contributed by atoms with Crippen LogP contribution >= 0.6 is 0 Å². The summed E-state index contributed by atoms with van der Waals surface area (Å²) in [4.78, 5) is 16.1. The second-order valence-corrected chi connectivity index (χ2v) is 7.97. The van der Waals surface area contributed by atoms with Gasteiger partial charge in [-0.3, -0.25) is 9.69 Å².